The molecule has 0 saturated heterocycles. The minimum atomic E-state index is -0.603. The highest BCUT2D eigenvalue weighted by atomic mass is 19.1. The summed E-state index contributed by atoms with van der Waals surface area (Å²) < 4.78 is 13.5. The van der Waals surface area contributed by atoms with E-state index in [1.807, 2.05) is 6.07 Å². The van der Waals surface area contributed by atoms with Gasteiger partial charge in [-0.3, -0.25) is 4.79 Å². The number of nitrogens with zero attached hydrogens (tertiary/aromatic N) is 1. The molecule has 0 aliphatic rings. The molecule has 0 aliphatic heterocycles. The lowest BCUT2D eigenvalue weighted by molar-refractivity contribution is -0.119. The Kier molecular flexibility index (Phi) is 4.61. The van der Waals surface area contributed by atoms with Gasteiger partial charge in [0, 0.05) is 12.5 Å². The smallest absolute Gasteiger partial charge is 0.228 e. The highest BCUT2D eigenvalue weighted by molar-refractivity contribution is 5.92. The molecule has 1 amide bonds. The molecule has 1 unspecified atom stereocenters. The van der Waals surface area contributed by atoms with Crippen molar-refractivity contribution in [1.82, 2.24) is 5.32 Å². The van der Waals surface area contributed by atoms with Crippen molar-refractivity contribution in [2.24, 2.45) is 5.92 Å². The number of rotatable bonds is 4. The molecule has 0 spiro atoms. The molecule has 2 N–H and O–H groups in total. The number of hydrogen-bond acceptors (Lipinski definition) is 3. The van der Waals surface area contributed by atoms with Crippen LogP contribution in [0.4, 0.5) is 10.1 Å². The van der Waals surface area contributed by atoms with Crippen molar-refractivity contribution in [2.75, 3.05) is 18.9 Å². The summed E-state index contributed by atoms with van der Waals surface area (Å²) in [6, 6.07) is 5.77. The third kappa shape index (κ3) is 3.54. The van der Waals surface area contributed by atoms with Crippen LogP contribution in [0.25, 0.3) is 0 Å². The molecular weight excluding hydrogens is 221 g/mol. The monoisotopic (exact) mass is 235 g/mol. The number of carbonyl (C=O) groups is 1. The molecule has 1 aromatic rings. The fourth-order valence-electron chi connectivity index (χ4n) is 1.34. The third-order valence-electron chi connectivity index (χ3n) is 2.31. The number of nitrogens with one attached hydrogen (secondary N) is 2. The Morgan fingerprint density at radius 1 is 1.59 bits per heavy atom. The Morgan fingerprint density at radius 2 is 2.29 bits per heavy atom. The van der Waals surface area contributed by atoms with E-state index in [2.05, 4.69) is 10.6 Å². The van der Waals surface area contributed by atoms with Gasteiger partial charge in [-0.15, -0.1) is 0 Å². The Hall–Kier alpha value is -1.93. The van der Waals surface area contributed by atoms with Gasteiger partial charge in [0.1, 0.15) is 5.82 Å². The molecule has 1 aromatic carbocycles. The molecule has 0 bridgehead atoms. The number of carbonyl (C=O) groups excluding carboxylic acids is 1. The first-order chi connectivity index (χ1) is 8.08. The van der Waals surface area contributed by atoms with Crippen LogP contribution >= 0.6 is 0 Å². The number of amides is 1. The molecule has 4 nitrogen and oxygen atoms in total. The van der Waals surface area contributed by atoms with E-state index < -0.39 is 5.82 Å². The van der Waals surface area contributed by atoms with E-state index in [-0.39, 0.29) is 23.1 Å². The van der Waals surface area contributed by atoms with Crippen LogP contribution in [0.15, 0.2) is 18.2 Å². The van der Waals surface area contributed by atoms with E-state index in [0.717, 1.165) is 6.07 Å². The first kappa shape index (κ1) is 13.1. The largest absolute Gasteiger partial charge is 0.323 e. The van der Waals surface area contributed by atoms with Gasteiger partial charge in [-0.05, 0) is 25.2 Å². The minimum absolute atomic E-state index is 0.0944. The van der Waals surface area contributed by atoms with Gasteiger partial charge in [-0.2, -0.15) is 5.26 Å². The van der Waals surface area contributed by atoms with Crippen LogP contribution in [0.2, 0.25) is 0 Å². The summed E-state index contributed by atoms with van der Waals surface area (Å²) in [5.74, 6) is -1.12. The maximum atomic E-state index is 13.5. The van der Waals surface area contributed by atoms with Gasteiger partial charge in [-0.25, -0.2) is 4.39 Å². The summed E-state index contributed by atoms with van der Waals surface area (Å²) in [6.07, 6.45) is 0. The zero-order valence-electron chi connectivity index (χ0n) is 9.75. The van der Waals surface area contributed by atoms with Gasteiger partial charge in [0.15, 0.2) is 0 Å². The van der Waals surface area contributed by atoms with Crippen LogP contribution < -0.4 is 10.6 Å². The quantitative estimate of drug-likeness (QED) is 0.831. The lowest BCUT2D eigenvalue weighted by Gasteiger charge is -2.12. The molecule has 0 fully saturated rings. The summed E-state index contributed by atoms with van der Waals surface area (Å²) in [7, 11) is 1.74. The molecule has 1 rings (SSSR count). The minimum Gasteiger partial charge on any atom is -0.323 e. The second kappa shape index (κ2) is 5.97. The van der Waals surface area contributed by atoms with Gasteiger partial charge in [0.2, 0.25) is 5.91 Å². The molecule has 0 aromatic heterocycles. The zero-order valence-corrected chi connectivity index (χ0v) is 9.75. The second-order valence-electron chi connectivity index (χ2n) is 3.75. The Labute approximate surface area is 99.4 Å². The van der Waals surface area contributed by atoms with Gasteiger partial charge in [-0.1, -0.05) is 6.92 Å². The van der Waals surface area contributed by atoms with E-state index in [9.17, 15) is 9.18 Å². The van der Waals surface area contributed by atoms with Crippen LogP contribution in [0.5, 0.6) is 0 Å². The molecule has 0 saturated carbocycles. The van der Waals surface area contributed by atoms with E-state index >= 15 is 0 Å². The van der Waals surface area contributed by atoms with Gasteiger partial charge in [0.05, 0.1) is 17.3 Å². The molecule has 0 aliphatic carbocycles. The van der Waals surface area contributed by atoms with Gasteiger partial charge in [0.25, 0.3) is 0 Å². The average molecular weight is 235 g/mol. The first-order valence-electron chi connectivity index (χ1n) is 5.23. The summed E-state index contributed by atoms with van der Waals surface area (Å²) in [5, 5.41) is 13.9. The van der Waals surface area contributed by atoms with Crippen LogP contribution in [-0.2, 0) is 4.79 Å². The number of nitriles is 1. The SMILES string of the molecule is CNCC(C)C(=O)Nc1ccc(C#N)cc1F. The molecular formula is C12H14FN3O. The van der Waals surface area contributed by atoms with E-state index in [4.69, 9.17) is 5.26 Å². The number of halogens is 1. The predicted molar refractivity (Wildman–Crippen MR) is 62.8 cm³/mol. The van der Waals surface area contributed by atoms with Crippen molar-refractivity contribution in [1.29, 1.82) is 5.26 Å². The van der Waals surface area contributed by atoms with Crippen LogP contribution in [0.3, 0.4) is 0 Å². The van der Waals surface area contributed by atoms with E-state index in [0.29, 0.717) is 6.54 Å². The van der Waals surface area contributed by atoms with Crippen LogP contribution in [-0.4, -0.2) is 19.5 Å². The lowest BCUT2D eigenvalue weighted by atomic mass is 10.1. The summed E-state index contributed by atoms with van der Waals surface area (Å²) in [6.45, 7) is 2.26. The Morgan fingerprint density at radius 3 is 2.82 bits per heavy atom. The molecule has 0 heterocycles. The topological polar surface area (TPSA) is 64.9 Å². The van der Waals surface area contributed by atoms with E-state index in [1.54, 1.807) is 14.0 Å². The van der Waals surface area contributed by atoms with E-state index in [1.165, 1.54) is 12.1 Å². The maximum Gasteiger partial charge on any atom is 0.228 e. The first-order valence-corrected chi connectivity index (χ1v) is 5.23. The average Bonchev–Trinajstić information content (AvgIpc) is 2.31. The Balaban J connectivity index is 2.76. The van der Waals surface area contributed by atoms with Crippen molar-refractivity contribution < 1.29 is 9.18 Å². The number of anilines is 1. The summed E-state index contributed by atoms with van der Waals surface area (Å²) >= 11 is 0. The molecule has 17 heavy (non-hydrogen) atoms. The second-order valence-corrected chi connectivity index (χ2v) is 3.75. The fraction of sp³-hybridized carbons (Fsp3) is 0.333. The number of benzene rings is 1. The van der Waals surface area contributed by atoms with Crippen molar-refractivity contribution in [3.8, 4) is 6.07 Å². The van der Waals surface area contributed by atoms with Crippen LogP contribution in [0.1, 0.15) is 12.5 Å². The molecule has 90 valence electrons. The molecule has 5 heteroatoms. The zero-order chi connectivity index (χ0) is 12.8. The third-order valence-corrected chi connectivity index (χ3v) is 2.31. The van der Waals surface area contributed by atoms with Gasteiger partial charge < -0.3 is 10.6 Å². The summed E-state index contributed by atoms with van der Waals surface area (Å²) in [5.41, 5.74) is 0.320. The van der Waals surface area contributed by atoms with Crippen molar-refractivity contribution in [2.45, 2.75) is 6.92 Å². The number of hydrogen-bond donors (Lipinski definition) is 2. The van der Waals surface area contributed by atoms with Crippen molar-refractivity contribution in [3.05, 3.63) is 29.6 Å². The molecule has 0 radical (unpaired) electrons. The maximum absolute atomic E-state index is 13.5. The highest BCUT2D eigenvalue weighted by Crippen LogP contribution is 2.16. The normalized spacial score (nSPS) is 11.6. The van der Waals surface area contributed by atoms with Crippen molar-refractivity contribution in [3.63, 3.8) is 0 Å². The highest BCUT2D eigenvalue weighted by Gasteiger charge is 2.13. The molecule has 1 atom stereocenters. The summed E-state index contributed by atoms with van der Waals surface area (Å²) in [4.78, 5) is 11.6. The lowest BCUT2D eigenvalue weighted by Crippen LogP contribution is -2.28. The van der Waals surface area contributed by atoms with Gasteiger partial charge >= 0.3 is 0 Å². The Bertz CT molecular complexity index is 454. The van der Waals surface area contributed by atoms with Crippen molar-refractivity contribution >= 4 is 11.6 Å². The van der Waals surface area contributed by atoms with Crippen LogP contribution in [0, 0.1) is 23.1 Å². The fourth-order valence-corrected chi connectivity index (χ4v) is 1.34. The predicted octanol–water partition coefficient (Wildman–Crippen LogP) is 1.49. The standard InChI is InChI=1S/C12H14FN3O/c1-8(7-15-2)12(17)16-11-4-3-9(6-14)5-10(11)13/h3-5,8,15H,7H2,1-2H3,(H,16,17).